The molecule has 0 saturated carbocycles. The van der Waals surface area contributed by atoms with Crippen LogP contribution in [0.3, 0.4) is 0 Å². The van der Waals surface area contributed by atoms with Gasteiger partial charge in [-0.25, -0.2) is 13.6 Å². The molecule has 0 atom stereocenters. The van der Waals surface area contributed by atoms with Crippen LogP contribution < -0.4 is 15.5 Å². The predicted octanol–water partition coefficient (Wildman–Crippen LogP) is 5.62. The Balaban J connectivity index is 1.42. The number of benzene rings is 2. The average molecular weight is 459 g/mol. The quantitative estimate of drug-likeness (QED) is 0.480. The first-order valence-electron chi connectivity index (χ1n) is 11.6. The van der Waals surface area contributed by atoms with Crippen LogP contribution in [0, 0.1) is 11.6 Å². The SMILES string of the molecule is CCCCCCCC(=O)N1CCN(c2ccc(NC(=O)Nc3ccc(F)c(F)c3)cc2)CC1. The zero-order valence-corrected chi connectivity index (χ0v) is 19.1. The van der Waals surface area contributed by atoms with Crippen LogP contribution in [0.1, 0.15) is 45.4 Å². The smallest absolute Gasteiger partial charge is 0.323 e. The monoisotopic (exact) mass is 458 g/mol. The molecule has 1 heterocycles. The van der Waals surface area contributed by atoms with Gasteiger partial charge in [-0.2, -0.15) is 0 Å². The second-order valence-electron chi connectivity index (χ2n) is 8.29. The van der Waals surface area contributed by atoms with Crippen LogP contribution >= 0.6 is 0 Å². The van der Waals surface area contributed by atoms with Crippen LogP contribution in [0.2, 0.25) is 0 Å². The van der Waals surface area contributed by atoms with Crippen LogP contribution in [0.15, 0.2) is 42.5 Å². The van der Waals surface area contributed by atoms with Gasteiger partial charge in [0.1, 0.15) is 0 Å². The largest absolute Gasteiger partial charge is 0.368 e. The van der Waals surface area contributed by atoms with Crippen molar-refractivity contribution in [1.82, 2.24) is 4.90 Å². The summed E-state index contributed by atoms with van der Waals surface area (Å²) in [6, 6.07) is 10.0. The van der Waals surface area contributed by atoms with E-state index in [2.05, 4.69) is 22.5 Å². The van der Waals surface area contributed by atoms with Gasteiger partial charge in [0.15, 0.2) is 11.6 Å². The van der Waals surface area contributed by atoms with Gasteiger partial charge in [0, 0.05) is 55.7 Å². The lowest BCUT2D eigenvalue weighted by atomic mass is 10.1. The van der Waals surface area contributed by atoms with E-state index in [1.54, 1.807) is 12.1 Å². The molecule has 0 spiro atoms. The number of nitrogens with one attached hydrogen (secondary N) is 2. The number of amides is 3. The van der Waals surface area contributed by atoms with Gasteiger partial charge in [0.2, 0.25) is 5.91 Å². The number of piperazine rings is 1. The van der Waals surface area contributed by atoms with Gasteiger partial charge in [0.25, 0.3) is 0 Å². The number of halogens is 2. The van der Waals surface area contributed by atoms with Gasteiger partial charge in [0.05, 0.1) is 0 Å². The lowest BCUT2D eigenvalue weighted by molar-refractivity contribution is -0.131. The number of carbonyl (C=O) groups is 2. The second kappa shape index (κ2) is 12.2. The van der Waals surface area contributed by atoms with Gasteiger partial charge in [-0.05, 0) is 42.8 Å². The molecule has 33 heavy (non-hydrogen) atoms. The zero-order valence-electron chi connectivity index (χ0n) is 19.1. The molecule has 2 aromatic rings. The highest BCUT2D eigenvalue weighted by Gasteiger charge is 2.21. The molecule has 1 saturated heterocycles. The van der Waals surface area contributed by atoms with Gasteiger partial charge in [-0.15, -0.1) is 0 Å². The number of hydrogen-bond donors (Lipinski definition) is 2. The standard InChI is InChI=1S/C25H32F2N4O2/c1-2-3-4-5-6-7-24(32)31-16-14-30(15-17-31)21-11-8-19(9-12-21)28-25(33)29-20-10-13-22(26)23(27)18-20/h8-13,18H,2-7,14-17H2,1H3,(H2,28,29,33). The lowest BCUT2D eigenvalue weighted by Gasteiger charge is -2.36. The van der Waals surface area contributed by atoms with Crippen molar-refractivity contribution in [3.8, 4) is 0 Å². The van der Waals surface area contributed by atoms with Gasteiger partial charge in [-0.1, -0.05) is 32.6 Å². The van der Waals surface area contributed by atoms with Crippen molar-refractivity contribution < 1.29 is 18.4 Å². The molecular weight excluding hydrogens is 426 g/mol. The van der Waals surface area contributed by atoms with E-state index < -0.39 is 17.7 Å². The molecule has 8 heteroatoms. The van der Waals surface area contributed by atoms with Crippen molar-refractivity contribution in [3.63, 3.8) is 0 Å². The molecular formula is C25H32F2N4O2. The van der Waals surface area contributed by atoms with E-state index in [9.17, 15) is 18.4 Å². The zero-order chi connectivity index (χ0) is 23.6. The van der Waals surface area contributed by atoms with Crippen molar-refractivity contribution in [2.45, 2.75) is 45.4 Å². The van der Waals surface area contributed by atoms with E-state index in [1.807, 2.05) is 17.0 Å². The summed E-state index contributed by atoms with van der Waals surface area (Å²) in [7, 11) is 0. The van der Waals surface area contributed by atoms with Gasteiger partial charge in [-0.3, -0.25) is 4.79 Å². The summed E-state index contributed by atoms with van der Waals surface area (Å²) in [5.74, 6) is -1.74. The number of anilines is 3. The summed E-state index contributed by atoms with van der Waals surface area (Å²) in [4.78, 5) is 28.7. The Morgan fingerprint density at radius 2 is 1.45 bits per heavy atom. The van der Waals surface area contributed by atoms with Crippen molar-refractivity contribution in [1.29, 1.82) is 0 Å². The molecule has 0 bridgehead atoms. The molecule has 0 unspecified atom stereocenters. The molecule has 178 valence electrons. The van der Waals surface area contributed by atoms with Gasteiger partial charge >= 0.3 is 6.03 Å². The maximum atomic E-state index is 13.3. The summed E-state index contributed by atoms with van der Waals surface area (Å²) < 4.78 is 26.3. The summed E-state index contributed by atoms with van der Waals surface area (Å²) in [5, 5.41) is 5.14. The maximum Gasteiger partial charge on any atom is 0.323 e. The number of carbonyl (C=O) groups excluding carboxylic acids is 2. The molecule has 2 N–H and O–H groups in total. The lowest BCUT2D eigenvalue weighted by Crippen LogP contribution is -2.48. The molecule has 1 fully saturated rings. The van der Waals surface area contributed by atoms with E-state index >= 15 is 0 Å². The van der Waals surface area contributed by atoms with E-state index in [0.29, 0.717) is 25.2 Å². The summed E-state index contributed by atoms with van der Waals surface area (Å²) in [6.45, 7) is 5.15. The number of hydrogen-bond acceptors (Lipinski definition) is 3. The van der Waals surface area contributed by atoms with Crippen LogP contribution in [0.25, 0.3) is 0 Å². The Morgan fingerprint density at radius 3 is 2.12 bits per heavy atom. The van der Waals surface area contributed by atoms with Gasteiger partial charge < -0.3 is 20.4 Å². The molecule has 6 nitrogen and oxygen atoms in total. The fourth-order valence-electron chi connectivity index (χ4n) is 3.87. The highest BCUT2D eigenvalue weighted by molar-refractivity contribution is 5.99. The Morgan fingerprint density at radius 1 is 0.818 bits per heavy atom. The van der Waals surface area contributed by atoms with Crippen LogP contribution in [0.5, 0.6) is 0 Å². The first-order chi connectivity index (χ1) is 16.0. The Kier molecular flexibility index (Phi) is 9.04. The van der Waals surface area contributed by atoms with Crippen molar-refractivity contribution in [3.05, 3.63) is 54.1 Å². The molecule has 1 aliphatic heterocycles. The fourth-order valence-corrected chi connectivity index (χ4v) is 3.87. The van der Waals surface area contributed by atoms with E-state index in [-0.39, 0.29) is 11.6 Å². The minimum Gasteiger partial charge on any atom is -0.368 e. The minimum atomic E-state index is -1.02. The van der Waals surface area contributed by atoms with Crippen molar-refractivity contribution >= 4 is 29.0 Å². The Labute approximate surface area is 194 Å². The normalized spacial score (nSPS) is 13.7. The topological polar surface area (TPSA) is 64.7 Å². The number of nitrogens with zero attached hydrogens (tertiary/aromatic N) is 2. The molecule has 3 amide bonds. The van der Waals surface area contributed by atoms with Crippen molar-refractivity contribution in [2.75, 3.05) is 41.7 Å². The van der Waals surface area contributed by atoms with Crippen LogP contribution in [-0.2, 0) is 4.79 Å². The van der Waals surface area contributed by atoms with E-state index in [1.165, 1.54) is 25.3 Å². The number of rotatable bonds is 9. The highest BCUT2D eigenvalue weighted by atomic mass is 19.2. The average Bonchev–Trinajstić information content (AvgIpc) is 2.82. The fraction of sp³-hybridized carbons (Fsp3) is 0.440. The van der Waals surface area contributed by atoms with E-state index in [0.717, 1.165) is 43.8 Å². The maximum absolute atomic E-state index is 13.3. The third-order valence-corrected chi connectivity index (χ3v) is 5.79. The van der Waals surface area contributed by atoms with E-state index in [4.69, 9.17) is 0 Å². The molecule has 2 aromatic carbocycles. The number of urea groups is 1. The molecule has 3 rings (SSSR count). The molecule has 0 aromatic heterocycles. The predicted molar refractivity (Wildman–Crippen MR) is 128 cm³/mol. The summed E-state index contributed by atoms with van der Waals surface area (Å²) >= 11 is 0. The third-order valence-electron chi connectivity index (χ3n) is 5.79. The van der Waals surface area contributed by atoms with Crippen molar-refractivity contribution in [2.24, 2.45) is 0 Å². The number of unbranched alkanes of at least 4 members (excludes halogenated alkanes) is 4. The third kappa shape index (κ3) is 7.44. The Hall–Kier alpha value is -3.16. The molecule has 0 radical (unpaired) electrons. The first-order valence-corrected chi connectivity index (χ1v) is 11.6. The first kappa shape index (κ1) is 24.5. The van der Waals surface area contributed by atoms with Crippen LogP contribution in [-0.4, -0.2) is 43.0 Å². The summed E-state index contributed by atoms with van der Waals surface area (Å²) in [6.07, 6.45) is 6.37. The molecule has 0 aliphatic carbocycles. The summed E-state index contributed by atoms with van der Waals surface area (Å²) in [5.41, 5.74) is 1.76. The van der Waals surface area contributed by atoms with Crippen LogP contribution in [0.4, 0.5) is 30.6 Å². The highest BCUT2D eigenvalue weighted by Crippen LogP contribution is 2.21. The molecule has 1 aliphatic rings. The Bertz CT molecular complexity index is 929. The minimum absolute atomic E-state index is 0.163. The second-order valence-corrected chi connectivity index (χ2v) is 8.29.